The Morgan fingerprint density at radius 3 is 2.65 bits per heavy atom. The zero-order valence-corrected chi connectivity index (χ0v) is 8.97. The van der Waals surface area contributed by atoms with Gasteiger partial charge in [-0.05, 0) is 24.3 Å². The minimum Gasteiger partial charge on any atom is -0.486 e. The lowest BCUT2D eigenvalue weighted by molar-refractivity contribution is 0.171. The summed E-state index contributed by atoms with van der Waals surface area (Å²) in [7, 11) is 0. The number of fused-ring (bicyclic) bond motifs is 1. The summed E-state index contributed by atoms with van der Waals surface area (Å²) in [4.78, 5) is 10.9. The van der Waals surface area contributed by atoms with E-state index >= 15 is 0 Å². The zero-order valence-electron chi connectivity index (χ0n) is 8.97. The number of hydrogen-bond acceptors (Lipinski definition) is 4. The molecule has 0 aliphatic carbocycles. The third-order valence-electron chi connectivity index (χ3n) is 2.52. The number of aromatic amines is 1. The molecular weight excluding hydrogens is 220 g/mol. The molecule has 0 amide bonds. The van der Waals surface area contributed by atoms with Gasteiger partial charge in [0.1, 0.15) is 13.2 Å². The van der Waals surface area contributed by atoms with Crippen LogP contribution in [0, 0.1) is 0 Å². The Morgan fingerprint density at radius 2 is 1.88 bits per heavy atom. The van der Waals surface area contributed by atoms with Crippen molar-refractivity contribution in [1.29, 1.82) is 0 Å². The molecule has 1 aromatic carbocycles. The number of hydrogen-bond donors (Lipinski definition) is 1. The van der Waals surface area contributed by atoms with E-state index in [2.05, 4.69) is 10.2 Å². The first-order valence-corrected chi connectivity index (χ1v) is 5.29. The van der Waals surface area contributed by atoms with Crippen LogP contribution < -0.4 is 15.0 Å². The van der Waals surface area contributed by atoms with E-state index in [0.29, 0.717) is 24.7 Å². The molecule has 1 aliphatic heterocycles. The van der Waals surface area contributed by atoms with E-state index in [1.807, 2.05) is 18.2 Å². The first-order valence-electron chi connectivity index (χ1n) is 5.29. The molecule has 0 radical (unpaired) electrons. The minimum atomic E-state index is -0.216. The summed E-state index contributed by atoms with van der Waals surface area (Å²) in [6.45, 7) is 1.12. The lowest BCUT2D eigenvalue weighted by Crippen LogP contribution is -2.15. The number of ether oxygens (including phenoxy) is 2. The normalized spacial score (nSPS) is 13.4. The zero-order chi connectivity index (χ0) is 11.7. The standard InChI is InChI=1S/C12H10N2O3/c15-12-4-2-9(13-14-12)8-1-3-10-11(7-8)17-6-5-16-10/h1-4,7H,5-6H2,(H,14,15). The summed E-state index contributed by atoms with van der Waals surface area (Å²) in [6.07, 6.45) is 0. The lowest BCUT2D eigenvalue weighted by atomic mass is 10.1. The first kappa shape index (κ1) is 9.89. The van der Waals surface area contributed by atoms with Crippen molar-refractivity contribution in [3.05, 3.63) is 40.7 Å². The van der Waals surface area contributed by atoms with Gasteiger partial charge in [0, 0.05) is 11.6 Å². The minimum absolute atomic E-state index is 0.216. The molecule has 0 saturated carbocycles. The topological polar surface area (TPSA) is 64.2 Å². The Kier molecular flexibility index (Phi) is 2.29. The van der Waals surface area contributed by atoms with Gasteiger partial charge in [-0.1, -0.05) is 0 Å². The number of aromatic nitrogens is 2. The van der Waals surface area contributed by atoms with Crippen molar-refractivity contribution < 1.29 is 9.47 Å². The van der Waals surface area contributed by atoms with Crippen LogP contribution in [0.4, 0.5) is 0 Å². The molecule has 1 aliphatic rings. The fourth-order valence-electron chi connectivity index (χ4n) is 1.71. The van der Waals surface area contributed by atoms with Crippen LogP contribution in [0.2, 0.25) is 0 Å². The molecule has 0 fully saturated rings. The SMILES string of the molecule is O=c1ccc(-c2ccc3c(c2)OCCO3)n[nH]1. The number of nitrogens with zero attached hydrogens (tertiary/aromatic N) is 1. The van der Waals surface area contributed by atoms with E-state index < -0.39 is 0 Å². The molecule has 17 heavy (non-hydrogen) atoms. The number of rotatable bonds is 1. The summed E-state index contributed by atoms with van der Waals surface area (Å²) >= 11 is 0. The highest BCUT2D eigenvalue weighted by atomic mass is 16.6. The molecule has 0 atom stereocenters. The highest BCUT2D eigenvalue weighted by Gasteiger charge is 2.12. The van der Waals surface area contributed by atoms with E-state index in [0.717, 1.165) is 11.3 Å². The smallest absolute Gasteiger partial charge is 0.264 e. The largest absolute Gasteiger partial charge is 0.486 e. The highest BCUT2D eigenvalue weighted by Crippen LogP contribution is 2.33. The van der Waals surface area contributed by atoms with Crippen molar-refractivity contribution in [2.24, 2.45) is 0 Å². The van der Waals surface area contributed by atoms with Crippen molar-refractivity contribution in [1.82, 2.24) is 10.2 Å². The average Bonchev–Trinajstić information content (AvgIpc) is 2.39. The molecule has 2 heterocycles. The van der Waals surface area contributed by atoms with Crippen molar-refractivity contribution >= 4 is 0 Å². The van der Waals surface area contributed by atoms with E-state index in [1.165, 1.54) is 6.07 Å². The van der Waals surface area contributed by atoms with Crippen LogP contribution >= 0.6 is 0 Å². The molecule has 1 N–H and O–H groups in total. The van der Waals surface area contributed by atoms with Crippen LogP contribution in [0.5, 0.6) is 11.5 Å². The molecule has 1 aromatic heterocycles. The fourth-order valence-corrected chi connectivity index (χ4v) is 1.71. The molecule has 0 saturated heterocycles. The molecule has 0 unspecified atom stereocenters. The van der Waals surface area contributed by atoms with Crippen LogP contribution in [-0.4, -0.2) is 23.4 Å². The Bertz CT molecular complexity index is 586. The molecule has 86 valence electrons. The molecule has 5 heteroatoms. The molecule has 3 rings (SSSR count). The Morgan fingerprint density at radius 1 is 1.06 bits per heavy atom. The number of benzene rings is 1. The van der Waals surface area contributed by atoms with E-state index in [-0.39, 0.29) is 5.56 Å². The van der Waals surface area contributed by atoms with E-state index in [4.69, 9.17) is 9.47 Å². The summed E-state index contributed by atoms with van der Waals surface area (Å²) in [6, 6.07) is 8.70. The van der Waals surface area contributed by atoms with Crippen molar-refractivity contribution in [2.75, 3.05) is 13.2 Å². The predicted octanol–water partition coefficient (Wildman–Crippen LogP) is 1.21. The Labute approximate surface area is 97.0 Å². The van der Waals surface area contributed by atoms with Gasteiger partial charge in [-0.3, -0.25) is 4.79 Å². The second-order valence-electron chi connectivity index (χ2n) is 3.66. The van der Waals surface area contributed by atoms with Gasteiger partial charge in [0.15, 0.2) is 11.5 Å². The highest BCUT2D eigenvalue weighted by molar-refractivity contribution is 5.63. The van der Waals surface area contributed by atoms with Gasteiger partial charge in [0.05, 0.1) is 5.69 Å². The summed E-state index contributed by atoms with van der Waals surface area (Å²) < 4.78 is 10.9. The molecular formula is C12H10N2O3. The number of nitrogens with one attached hydrogen (secondary N) is 1. The summed E-state index contributed by atoms with van der Waals surface area (Å²) in [5.74, 6) is 1.45. The lowest BCUT2D eigenvalue weighted by Gasteiger charge is -2.18. The number of H-pyrrole nitrogens is 1. The summed E-state index contributed by atoms with van der Waals surface area (Å²) in [5.41, 5.74) is 1.36. The Balaban J connectivity index is 2.03. The molecule has 2 aromatic rings. The fraction of sp³-hybridized carbons (Fsp3) is 0.167. The van der Waals surface area contributed by atoms with E-state index in [9.17, 15) is 4.79 Å². The van der Waals surface area contributed by atoms with Gasteiger partial charge in [-0.15, -0.1) is 0 Å². The van der Waals surface area contributed by atoms with Gasteiger partial charge < -0.3 is 9.47 Å². The predicted molar refractivity (Wildman–Crippen MR) is 61.3 cm³/mol. The maximum atomic E-state index is 10.9. The summed E-state index contributed by atoms with van der Waals surface area (Å²) in [5, 5.41) is 6.36. The second-order valence-corrected chi connectivity index (χ2v) is 3.66. The monoisotopic (exact) mass is 230 g/mol. The maximum absolute atomic E-state index is 10.9. The van der Waals surface area contributed by atoms with Gasteiger partial charge in [-0.2, -0.15) is 5.10 Å². The van der Waals surface area contributed by atoms with E-state index in [1.54, 1.807) is 6.07 Å². The Hall–Kier alpha value is -2.30. The van der Waals surface area contributed by atoms with Crippen LogP contribution in [0.15, 0.2) is 35.1 Å². The van der Waals surface area contributed by atoms with Gasteiger partial charge >= 0.3 is 0 Å². The molecule has 0 bridgehead atoms. The third kappa shape index (κ3) is 1.87. The van der Waals surface area contributed by atoms with Crippen molar-refractivity contribution in [2.45, 2.75) is 0 Å². The average molecular weight is 230 g/mol. The maximum Gasteiger partial charge on any atom is 0.264 e. The van der Waals surface area contributed by atoms with Crippen LogP contribution in [0.3, 0.4) is 0 Å². The first-order chi connectivity index (χ1) is 8.33. The molecule has 5 nitrogen and oxygen atoms in total. The van der Waals surface area contributed by atoms with Gasteiger partial charge in [0.2, 0.25) is 0 Å². The second kappa shape index (κ2) is 3.93. The van der Waals surface area contributed by atoms with Crippen LogP contribution in [0.1, 0.15) is 0 Å². The van der Waals surface area contributed by atoms with Crippen molar-refractivity contribution in [3.63, 3.8) is 0 Å². The molecule has 0 spiro atoms. The quantitative estimate of drug-likeness (QED) is 0.799. The third-order valence-corrected chi connectivity index (χ3v) is 2.52. The van der Waals surface area contributed by atoms with Crippen LogP contribution in [-0.2, 0) is 0 Å². The van der Waals surface area contributed by atoms with Crippen LogP contribution in [0.25, 0.3) is 11.3 Å². The van der Waals surface area contributed by atoms with Gasteiger partial charge in [0.25, 0.3) is 5.56 Å². The van der Waals surface area contributed by atoms with Gasteiger partial charge in [-0.25, -0.2) is 5.10 Å². The van der Waals surface area contributed by atoms with Crippen molar-refractivity contribution in [3.8, 4) is 22.8 Å².